The summed E-state index contributed by atoms with van der Waals surface area (Å²) in [5.41, 5.74) is 2.30. The van der Waals surface area contributed by atoms with Crippen molar-refractivity contribution in [2.45, 2.75) is 18.3 Å². The molecular weight excluding hydrogens is 176 g/mol. The lowest BCUT2D eigenvalue weighted by Gasteiger charge is -2.31. The van der Waals surface area contributed by atoms with Gasteiger partial charge in [-0.05, 0) is 24.5 Å². The molecule has 1 aliphatic heterocycles. The number of carbonyl (C=O) groups excluding carboxylic acids is 1. The summed E-state index contributed by atoms with van der Waals surface area (Å²) in [6, 6.07) is 2.01. The highest BCUT2D eigenvalue weighted by Crippen LogP contribution is 2.51. The summed E-state index contributed by atoms with van der Waals surface area (Å²) in [5.74, 6) is 0.116. The zero-order valence-electron chi connectivity index (χ0n) is 8.16. The molecule has 3 nitrogen and oxygen atoms in total. The summed E-state index contributed by atoms with van der Waals surface area (Å²) >= 11 is 0. The third kappa shape index (κ3) is 0.870. The van der Waals surface area contributed by atoms with Crippen LogP contribution < -0.4 is 0 Å². The van der Waals surface area contributed by atoms with Crippen LogP contribution in [0.1, 0.15) is 28.8 Å². The Kier molecular flexibility index (Phi) is 1.34. The Balaban J connectivity index is 2.20. The molecule has 0 aromatic carbocycles. The highest BCUT2D eigenvalue weighted by Gasteiger charge is 2.50. The van der Waals surface area contributed by atoms with Crippen LogP contribution in [0.5, 0.6) is 0 Å². The van der Waals surface area contributed by atoms with Crippen LogP contribution in [0.2, 0.25) is 0 Å². The van der Waals surface area contributed by atoms with Gasteiger partial charge in [-0.3, -0.25) is 9.78 Å². The molecule has 0 atom stereocenters. The standard InChI is InChI=1S/C11H12N2O/c1-13-7-11(3-4-11)9-2-5-12-6-8(9)10(13)14/h2,5-6H,3-4,7H2,1H3. The lowest BCUT2D eigenvalue weighted by atomic mass is 9.88. The molecule has 1 amide bonds. The van der Waals surface area contributed by atoms with Crippen LogP contribution in [0.3, 0.4) is 0 Å². The molecule has 2 aliphatic rings. The number of hydrogen-bond acceptors (Lipinski definition) is 2. The van der Waals surface area contributed by atoms with E-state index in [-0.39, 0.29) is 11.3 Å². The second-order valence-corrected chi connectivity index (χ2v) is 4.36. The van der Waals surface area contributed by atoms with Crippen molar-refractivity contribution in [1.82, 2.24) is 9.88 Å². The van der Waals surface area contributed by atoms with Gasteiger partial charge in [0, 0.05) is 31.4 Å². The van der Waals surface area contributed by atoms with E-state index in [0.29, 0.717) is 0 Å². The predicted molar refractivity (Wildman–Crippen MR) is 52.1 cm³/mol. The topological polar surface area (TPSA) is 33.2 Å². The van der Waals surface area contributed by atoms with Gasteiger partial charge in [-0.25, -0.2) is 0 Å². The molecule has 1 aliphatic carbocycles. The molecule has 0 N–H and O–H groups in total. The van der Waals surface area contributed by atoms with Crippen LogP contribution >= 0.6 is 0 Å². The molecular formula is C11H12N2O. The van der Waals surface area contributed by atoms with Crippen molar-refractivity contribution >= 4 is 5.91 Å². The van der Waals surface area contributed by atoms with Gasteiger partial charge in [-0.15, -0.1) is 0 Å². The van der Waals surface area contributed by atoms with Crippen LogP contribution in [0.15, 0.2) is 18.5 Å². The lowest BCUT2D eigenvalue weighted by molar-refractivity contribution is 0.0757. The Morgan fingerprint density at radius 3 is 3.00 bits per heavy atom. The van der Waals surface area contributed by atoms with Gasteiger partial charge in [0.15, 0.2) is 0 Å². The minimum Gasteiger partial charge on any atom is -0.341 e. The van der Waals surface area contributed by atoms with E-state index in [2.05, 4.69) is 4.98 Å². The van der Waals surface area contributed by atoms with Gasteiger partial charge in [-0.1, -0.05) is 0 Å². The van der Waals surface area contributed by atoms with E-state index in [1.807, 2.05) is 18.0 Å². The molecule has 1 aromatic heterocycles. The maximum Gasteiger partial charge on any atom is 0.255 e. The van der Waals surface area contributed by atoms with Crippen molar-refractivity contribution in [3.63, 3.8) is 0 Å². The number of fused-ring (bicyclic) bond motifs is 2. The molecule has 1 saturated carbocycles. The van der Waals surface area contributed by atoms with Crippen molar-refractivity contribution < 1.29 is 4.79 Å². The number of aromatic nitrogens is 1. The molecule has 1 spiro atoms. The Bertz CT molecular complexity index is 410. The molecule has 0 saturated heterocycles. The average Bonchev–Trinajstić information content (AvgIpc) is 2.96. The van der Waals surface area contributed by atoms with E-state index in [4.69, 9.17) is 0 Å². The van der Waals surface area contributed by atoms with Crippen LogP contribution in [-0.4, -0.2) is 29.4 Å². The van der Waals surface area contributed by atoms with E-state index < -0.39 is 0 Å². The Hall–Kier alpha value is -1.38. The number of pyridine rings is 1. The van der Waals surface area contributed by atoms with Crippen molar-refractivity contribution in [3.8, 4) is 0 Å². The van der Waals surface area contributed by atoms with Gasteiger partial charge in [0.2, 0.25) is 0 Å². The van der Waals surface area contributed by atoms with Crippen LogP contribution in [0, 0.1) is 0 Å². The molecule has 3 heteroatoms. The number of amides is 1. The van der Waals surface area contributed by atoms with Crippen LogP contribution in [0.4, 0.5) is 0 Å². The fourth-order valence-corrected chi connectivity index (χ4v) is 2.42. The smallest absolute Gasteiger partial charge is 0.255 e. The summed E-state index contributed by atoms with van der Waals surface area (Å²) in [6.07, 6.45) is 5.91. The first-order valence-corrected chi connectivity index (χ1v) is 4.93. The molecule has 1 fully saturated rings. The molecule has 0 radical (unpaired) electrons. The van der Waals surface area contributed by atoms with Crippen molar-refractivity contribution in [2.75, 3.05) is 13.6 Å². The van der Waals surface area contributed by atoms with E-state index in [9.17, 15) is 4.79 Å². The van der Waals surface area contributed by atoms with Crippen LogP contribution in [-0.2, 0) is 5.41 Å². The van der Waals surface area contributed by atoms with E-state index in [1.54, 1.807) is 12.4 Å². The first-order chi connectivity index (χ1) is 6.73. The Morgan fingerprint density at radius 2 is 2.29 bits per heavy atom. The lowest BCUT2D eigenvalue weighted by Crippen LogP contribution is -2.40. The van der Waals surface area contributed by atoms with E-state index in [0.717, 1.165) is 12.1 Å². The van der Waals surface area contributed by atoms with Gasteiger partial charge < -0.3 is 4.90 Å². The molecule has 1 aromatic rings. The first kappa shape index (κ1) is 7.97. The fraction of sp³-hybridized carbons (Fsp3) is 0.455. The van der Waals surface area contributed by atoms with Gasteiger partial charge in [-0.2, -0.15) is 0 Å². The minimum absolute atomic E-state index is 0.116. The minimum atomic E-state index is 0.116. The van der Waals surface area contributed by atoms with Gasteiger partial charge in [0.1, 0.15) is 0 Å². The van der Waals surface area contributed by atoms with Gasteiger partial charge in [0.25, 0.3) is 5.91 Å². The zero-order valence-corrected chi connectivity index (χ0v) is 8.16. The summed E-state index contributed by atoms with van der Waals surface area (Å²) in [6.45, 7) is 0.878. The van der Waals surface area contributed by atoms with E-state index in [1.165, 1.54) is 18.4 Å². The van der Waals surface area contributed by atoms with Gasteiger partial charge in [0.05, 0.1) is 5.56 Å². The predicted octanol–water partition coefficient (Wildman–Crippen LogP) is 1.20. The molecule has 72 valence electrons. The molecule has 3 rings (SSSR count). The van der Waals surface area contributed by atoms with Crippen molar-refractivity contribution in [1.29, 1.82) is 0 Å². The fourth-order valence-electron chi connectivity index (χ4n) is 2.42. The van der Waals surface area contributed by atoms with Crippen LogP contribution in [0.25, 0.3) is 0 Å². The summed E-state index contributed by atoms with van der Waals surface area (Å²) in [5, 5.41) is 0. The number of hydrogen-bond donors (Lipinski definition) is 0. The summed E-state index contributed by atoms with van der Waals surface area (Å²) in [4.78, 5) is 17.7. The number of rotatable bonds is 0. The third-order valence-corrected chi connectivity index (χ3v) is 3.36. The SMILES string of the molecule is CN1CC2(CC2)c2ccncc2C1=O. The molecule has 0 unspecified atom stereocenters. The highest BCUT2D eigenvalue weighted by molar-refractivity contribution is 5.97. The van der Waals surface area contributed by atoms with Crippen molar-refractivity contribution in [3.05, 3.63) is 29.6 Å². The Morgan fingerprint density at radius 1 is 1.50 bits per heavy atom. The molecule has 0 bridgehead atoms. The largest absolute Gasteiger partial charge is 0.341 e. The first-order valence-electron chi connectivity index (χ1n) is 4.93. The Labute approximate surface area is 82.8 Å². The monoisotopic (exact) mass is 188 g/mol. The normalized spacial score (nSPS) is 22.4. The average molecular weight is 188 g/mol. The van der Waals surface area contributed by atoms with E-state index >= 15 is 0 Å². The van der Waals surface area contributed by atoms with Gasteiger partial charge >= 0.3 is 0 Å². The van der Waals surface area contributed by atoms with Crippen molar-refractivity contribution in [2.24, 2.45) is 0 Å². The summed E-state index contributed by atoms with van der Waals surface area (Å²) in [7, 11) is 1.87. The third-order valence-electron chi connectivity index (χ3n) is 3.36. The summed E-state index contributed by atoms with van der Waals surface area (Å²) < 4.78 is 0. The number of nitrogens with zero attached hydrogens (tertiary/aromatic N) is 2. The molecule has 2 heterocycles. The molecule has 14 heavy (non-hydrogen) atoms. The zero-order chi connectivity index (χ0) is 9.76. The number of carbonyl (C=O) groups is 1. The second-order valence-electron chi connectivity index (χ2n) is 4.36. The maximum atomic E-state index is 11.8. The quantitative estimate of drug-likeness (QED) is 0.613. The highest BCUT2D eigenvalue weighted by atomic mass is 16.2. The number of likely N-dealkylation sites (N-methyl/N-ethyl adjacent to an activating group) is 1. The second kappa shape index (κ2) is 2.35. The maximum absolute atomic E-state index is 11.8.